The van der Waals surface area contributed by atoms with E-state index in [-0.39, 0.29) is 18.7 Å². The van der Waals surface area contributed by atoms with E-state index in [0.717, 1.165) is 6.42 Å². The molecule has 0 unspecified atom stereocenters. The zero-order chi connectivity index (χ0) is 11.5. The van der Waals surface area contributed by atoms with Gasteiger partial charge in [0.25, 0.3) is 5.92 Å². The van der Waals surface area contributed by atoms with Crippen LogP contribution in [0.3, 0.4) is 0 Å². The second-order valence-electron chi connectivity index (χ2n) is 5.89. The first-order chi connectivity index (χ1) is 6.66. The van der Waals surface area contributed by atoms with E-state index in [0.29, 0.717) is 6.54 Å². The topological polar surface area (TPSA) is 20.3 Å². The van der Waals surface area contributed by atoms with Crippen LogP contribution in [0.25, 0.3) is 0 Å². The van der Waals surface area contributed by atoms with Crippen LogP contribution in [0.2, 0.25) is 0 Å². The number of alkyl halides is 2. The average molecular weight is 217 g/mol. The van der Waals surface area contributed by atoms with Gasteiger partial charge in [0.2, 0.25) is 5.91 Å². The van der Waals surface area contributed by atoms with Crippen LogP contribution in [-0.4, -0.2) is 28.8 Å². The van der Waals surface area contributed by atoms with Crippen molar-refractivity contribution in [1.82, 2.24) is 4.90 Å². The Balaban J connectivity index is 2.06. The van der Waals surface area contributed by atoms with Gasteiger partial charge in [-0.25, -0.2) is 8.78 Å². The Morgan fingerprint density at radius 1 is 1.27 bits per heavy atom. The Morgan fingerprint density at radius 2 is 1.80 bits per heavy atom. The summed E-state index contributed by atoms with van der Waals surface area (Å²) in [5.41, 5.74) is -0.952. The normalized spacial score (nSPS) is 27.1. The first-order valence-electron chi connectivity index (χ1n) is 5.36. The second kappa shape index (κ2) is 2.71. The minimum atomic E-state index is -2.54. The third kappa shape index (κ3) is 1.54. The van der Waals surface area contributed by atoms with E-state index >= 15 is 0 Å². The highest BCUT2D eigenvalue weighted by Gasteiger charge is 2.64. The minimum absolute atomic E-state index is 0.00394. The van der Waals surface area contributed by atoms with Gasteiger partial charge in [-0.05, 0) is 6.42 Å². The molecule has 4 heteroatoms. The number of nitrogens with zero attached hydrogens (tertiary/aromatic N) is 1. The molecule has 1 saturated carbocycles. The molecule has 1 aliphatic heterocycles. The van der Waals surface area contributed by atoms with Crippen LogP contribution < -0.4 is 0 Å². The van der Waals surface area contributed by atoms with Crippen LogP contribution in [0, 0.1) is 5.41 Å². The molecule has 2 rings (SSSR count). The number of likely N-dealkylation sites (tertiary alicyclic amines) is 1. The summed E-state index contributed by atoms with van der Waals surface area (Å²) >= 11 is 0. The molecule has 15 heavy (non-hydrogen) atoms. The summed E-state index contributed by atoms with van der Waals surface area (Å²) < 4.78 is 25.7. The molecule has 0 aromatic heterocycles. The number of hydrogen-bond acceptors (Lipinski definition) is 1. The fraction of sp³-hybridized carbons (Fsp3) is 0.909. The van der Waals surface area contributed by atoms with Crippen molar-refractivity contribution in [3.63, 3.8) is 0 Å². The minimum Gasteiger partial charge on any atom is -0.336 e. The Kier molecular flexibility index (Phi) is 1.96. The van der Waals surface area contributed by atoms with Crippen LogP contribution in [0.4, 0.5) is 8.78 Å². The van der Waals surface area contributed by atoms with Gasteiger partial charge in [0.05, 0.1) is 5.54 Å². The van der Waals surface area contributed by atoms with Gasteiger partial charge in [-0.3, -0.25) is 4.79 Å². The number of hydrogen-bond donors (Lipinski definition) is 0. The van der Waals surface area contributed by atoms with Crippen molar-refractivity contribution in [1.29, 1.82) is 0 Å². The van der Waals surface area contributed by atoms with Gasteiger partial charge in [0, 0.05) is 24.8 Å². The molecule has 1 heterocycles. The molecule has 2 fully saturated rings. The van der Waals surface area contributed by atoms with E-state index in [4.69, 9.17) is 0 Å². The maximum absolute atomic E-state index is 12.8. The van der Waals surface area contributed by atoms with E-state index < -0.39 is 16.9 Å². The first-order valence-corrected chi connectivity index (χ1v) is 5.36. The summed E-state index contributed by atoms with van der Waals surface area (Å²) in [6.07, 6.45) is 0.466. The third-order valence-corrected chi connectivity index (χ3v) is 3.44. The monoisotopic (exact) mass is 217 g/mol. The lowest BCUT2D eigenvalue weighted by Gasteiger charge is -2.62. The fourth-order valence-corrected chi connectivity index (χ4v) is 2.54. The Hall–Kier alpha value is -0.670. The predicted octanol–water partition coefficient (Wildman–Crippen LogP) is 2.43. The van der Waals surface area contributed by atoms with Crippen LogP contribution in [0.15, 0.2) is 0 Å². The van der Waals surface area contributed by atoms with Gasteiger partial charge >= 0.3 is 0 Å². The van der Waals surface area contributed by atoms with Crippen molar-refractivity contribution in [2.75, 3.05) is 6.54 Å². The first kappa shape index (κ1) is 10.8. The number of carbonyl (C=O) groups excluding carboxylic acids is 1. The highest BCUT2D eigenvalue weighted by Crippen LogP contribution is 2.56. The summed E-state index contributed by atoms with van der Waals surface area (Å²) in [5.74, 6) is -2.54. The number of amides is 1. The van der Waals surface area contributed by atoms with Crippen LogP contribution >= 0.6 is 0 Å². The zero-order valence-electron chi connectivity index (χ0n) is 9.44. The van der Waals surface area contributed by atoms with E-state index in [1.165, 1.54) is 0 Å². The Morgan fingerprint density at radius 3 is 2.07 bits per heavy atom. The molecule has 0 radical (unpaired) electrons. The average Bonchev–Trinajstić information content (AvgIpc) is 1.95. The summed E-state index contributed by atoms with van der Waals surface area (Å²) in [6, 6.07) is 0. The van der Waals surface area contributed by atoms with Crippen molar-refractivity contribution in [3.8, 4) is 0 Å². The summed E-state index contributed by atoms with van der Waals surface area (Å²) in [4.78, 5) is 13.6. The molecule has 1 aliphatic carbocycles. The summed E-state index contributed by atoms with van der Waals surface area (Å²) in [6.45, 7) is 6.14. The molecule has 86 valence electrons. The van der Waals surface area contributed by atoms with E-state index in [1.807, 2.05) is 20.8 Å². The molecule has 0 aromatic carbocycles. The highest BCUT2D eigenvalue weighted by molar-refractivity contribution is 5.83. The van der Waals surface area contributed by atoms with Gasteiger partial charge in [-0.2, -0.15) is 0 Å². The van der Waals surface area contributed by atoms with Crippen molar-refractivity contribution in [2.24, 2.45) is 5.41 Å². The third-order valence-electron chi connectivity index (χ3n) is 3.44. The lowest BCUT2D eigenvalue weighted by atomic mass is 9.64. The van der Waals surface area contributed by atoms with E-state index in [2.05, 4.69) is 0 Å². The molecule has 0 N–H and O–H groups in total. The fourth-order valence-electron chi connectivity index (χ4n) is 2.54. The molecule has 2 aliphatic rings. The number of rotatable bonds is 0. The Labute approximate surface area is 88.6 Å². The quantitative estimate of drug-likeness (QED) is 0.610. The standard InChI is InChI=1S/C11H17F2NO/c1-9(2,3)8(15)14-5-4-10(14)6-11(12,13)7-10/h4-7H2,1-3H3. The molecule has 1 amide bonds. The van der Waals surface area contributed by atoms with Crippen molar-refractivity contribution < 1.29 is 13.6 Å². The van der Waals surface area contributed by atoms with Gasteiger partial charge in [0.15, 0.2) is 0 Å². The largest absolute Gasteiger partial charge is 0.336 e. The SMILES string of the molecule is CC(C)(C)C(=O)N1CCC12CC(F)(F)C2. The summed E-state index contributed by atoms with van der Waals surface area (Å²) in [7, 11) is 0. The van der Waals surface area contributed by atoms with Crippen molar-refractivity contribution in [2.45, 2.75) is 51.5 Å². The van der Waals surface area contributed by atoms with Crippen LogP contribution in [-0.2, 0) is 4.79 Å². The highest BCUT2D eigenvalue weighted by atomic mass is 19.3. The van der Waals surface area contributed by atoms with E-state index in [9.17, 15) is 13.6 Å². The van der Waals surface area contributed by atoms with Gasteiger partial charge in [-0.15, -0.1) is 0 Å². The summed E-state index contributed by atoms with van der Waals surface area (Å²) in [5, 5.41) is 0. The molecule has 0 atom stereocenters. The lowest BCUT2D eigenvalue weighted by Crippen LogP contribution is -2.72. The van der Waals surface area contributed by atoms with Crippen LogP contribution in [0.5, 0.6) is 0 Å². The van der Waals surface area contributed by atoms with E-state index in [1.54, 1.807) is 4.90 Å². The Bertz CT molecular complexity index is 298. The predicted molar refractivity (Wildman–Crippen MR) is 52.7 cm³/mol. The van der Waals surface area contributed by atoms with Gasteiger partial charge in [0.1, 0.15) is 0 Å². The van der Waals surface area contributed by atoms with Crippen LogP contribution in [0.1, 0.15) is 40.0 Å². The second-order valence-corrected chi connectivity index (χ2v) is 5.89. The maximum Gasteiger partial charge on any atom is 0.252 e. The molecular weight excluding hydrogens is 200 g/mol. The van der Waals surface area contributed by atoms with Gasteiger partial charge < -0.3 is 4.90 Å². The molecule has 2 nitrogen and oxygen atoms in total. The zero-order valence-corrected chi connectivity index (χ0v) is 9.44. The molecular formula is C11H17F2NO. The molecule has 0 bridgehead atoms. The smallest absolute Gasteiger partial charge is 0.252 e. The van der Waals surface area contributed by atoms with Crippen molar-refractivity contribution in [3.05, 3.63) is 0 Å². The number of halogens is 2. The maximum atomic E-state index is 12.8. The molecule has 1 spiro atoms. The van der Waals surface area contributed by atoms with Crippen molar-refractivity contribution >= 4 is 5.91 Å². The molecule has 1 saturated heterocycles. The molecule has 0 aromatic rings. The van der Waals surface area contributed by atoms with Gasteiger partial charge in [-0.1, -0.05) is 20.8 Å². The number of carbonyl (C=O) groups is 1. The lowest BCUT2D eigenvalue weighted by molar-refractivity contribution is -0.219.